The Balaban J connectivity index is 0.000000354. The van der Waals surface area contributed by atoms with Crippen molar-refractivity contribution in [3.8, 4) is 0 Å². The summed E-state index contributed by atoms with van der Waals surface area (Å²) in [6, 6.07) is 0. The molecule has 0 radical (unpaired) electrons. The standard InChI is InChI=1S/C7H13NO.C3H8/c8-7(9)6-4-2-1-3-5-6;1-3-2/h6H,1-5H2,(H2,8,9);3H2,1-2H3. The second-order valence-electron chi connectivity index (χ2n) is 3.44. The first-order chi connectivity index (χ1) is 5.72. The van der Waals surface area contributed by atoms with E-state index in [1.165, 1.54) is 25.7 Å². The minimum absolute atomic E-state index is 0.102. The normalized spacial score (nSPS) is 17.8. The summed E-state index contributed by atoms with van der Waals surface area (Å²) in [6.07, 6.45) is 6.95. The third kappa shape index (κ3) is 5.16. The summed E-state index contributed by atoms with van der Waals surface area (Å²) in [6.45, 7) is 4.25. The van der Waals surface area contributed by atoms with E-state index in [1.807, 2.05) is 0 Å². The molecule has 2 N–H and O–H groups in total. The maximum Gasteiger partial charge on any atom is 0.220 e. The lowest BCUT2D eigenvalue weighted by Gasteiger charge is -2.17. The van der Waals surface area contributed by atoms with Crippen molar-refractivity contribution < 1.29 is 4.79 Å². The Hall–Kier alpha value is -0.530. The highest BCUT2D eigenvalue weighted by Gasteiger charge is 2.17. The Morgan fingerprint density at radius 1 is 1.25 bits per heavy atom. The van der Waals surface area contributed by atoms with Crippen molar-refractivity contribution in [3.05, 3.63) is 0 Å². The largest absolute Gasteiger partial charge is 0.369 e. The van der Waals surface area contributed by atoms with Crippen molar-refractivity contribution in [2.75, 3.05) is 0 Å². The number of rotatable bonds is 1. The van der Waals surface area contributed by atoms with Crippen molar-refractivity contribution >= 4 is 5.91 Å². The molecule has 0 aliphatic heterocycles. The smallest absolute Gasteiger partial charge is 0.220 e. The van der Waals surface area contributed by atoms with E-state index in [0.29, 0.717) is 0 Å². The van der Waals surface area contributed by atoms with Crippen LogP contribution in [-0.2, 0) is 4.79 Å². The van der Waals surface area contributed by atoms with Gasteiger partial charge in [-0.2, -0.15) is 0 Å². The molecule has 0 bridgehead atoms. The summed E-state index contributed by atoms with van der Waals surface area (Å²) in [5.74, 6) is 0.0912. The van der Waals surface area contributed by atoms with Gasteiger partial charge in [0.05, 0.1) is 0 Å². The van der Waals surface area contributed by atoms with Gasteiger partial charge in [0.2, 0.25) is 5.91 Å². The van der Waals surface area contributed by atoms with E-state index < -0.39 is 0 Å². The van der Waals surface area contributed by atoms with Crippen LogP contribution in [0.15, 0.2) is 0 Å². The minimum Gasteiger partial charge on any atom is -0.369 e. The van der Waals surface area contributed by atoms with Crippen molar-refractivity contribution in [2.45, 2.75) is 52.4 Å². The van der Waals surface area contributed by atoms with Gasteiger partial charge in [0, 0.05) is 5.92 Å². The second-order valence-corrected chi connectivity index (χ2v) is 3.44. The predicted octanol–water partition coefficient (Wildman–Crippen LogP) is 2.47. The Labute approximate surface area is 75.5 Å². The monoisotopic (exact) mass is 171 g/mol. The number of hydrogen-bond acceptors (Lipinski definition) is 1. The molecule has 1 aliphatic rings. The second kappa shape index (κ2) is 7.14. The van der Waals surface area contributed by atoms with Crippen LogP contribution < -0.4 is 5.73 Å². The molecular formula is C10H21NO. The highest BCUT2D eigenvalue weighted by molar-refractivity contribution is 5.76. The van der Waals surface area contributed by atoms with Crippen molar-refractivity contribution in [1.29, 1.82) is 0 Å². The predicted molar refractivity (Wildman–Crippen MR) is 51.7 cm³/mol. The first-order valence-electron chi connectivity index (χ1n) is 5.01. The van der Waals surface area contributed by atoms with Gasteiger partial charge in [0.25, 0.3) is 0 Å². The zero-order chi connectivity index (χ0) is 9.40. The van der Waals surface area contributed by atoms with Crippen molar-refractivity contribution in [3.63, 3.8) is 0 Å². The van der Waals surface area contributed by atoms with E-state index in [0.717, 1.165) is 12.8 Å². The van der Waals surface area contributed by atoms with Crippen LogP contribution in [0.2, 0.25) is 0 Å². The van der Waals surface area contributed by atoms with Gasteiger partial charge in [0.1, 0.15) is 0 Å². The molecule has 0 saturated heterocycles. The van der Waals surface area contributed by atoms with E-state index in [1.54, 1.807) is 0 Å². The number of nitrogens with two attached hydrogens (primary N) is 1. The van der Waals surface area contributed by atoms with Gasteiger partial charge in [0.15, 0.2) is 0 Å². The highest BCUT2D eigenvalue weighted by atomic mass is 16.1. The van der Waals surface area contributed by atoms with Crippen LogP contribution in [0, 0.1) is 5.92 Å². The molecule has 0 heterocycles. The van der Waals surface area contributed by atoms with Gasteiger partial charge >= 0.3 is 0 Å². The van der Waals surface area contributed by atoms with Crippen LogP contribution in [-0.4, -0.2) is 5.91 Å². The molecule has 0 spiro atoms. The van der Waals surface area contributed by atoms with E-state index in [2.05, 4.69) is 13.8 Å². The fourth-order valence-corrected chi connectivity index (χ4v) is 1.39. The van der Waals surface area contributed by atoms with Crippen LogP contribution >= 0.6 is 0 Å². The van der Waals surface area contributed by atoms with Gasteiger partial charge in [-0.05, 0) is 12.8 Å². The molecule has 1 saturated carbocycles. The van der Waals surface area contributed by atoms with Gasteiger partial charge in [-0.15, -0.1) is 0 Å². The molecule has 0 aromatic rings. The molecule has 0 atom stereocenters. The van der Waals surface area contributed by atoms with E-state index in [-0.39, 0.29) is 11.8 Å². The van der Waals surface area contributed by atoms with Crippen LogP contribution in [0.4, 0.5) is 0 Å². The summed E-state index contributed by atoms with van der Waals surface area (Å²) in [5, 5.41) is 0. The van der Waals surface area contributed by atoms with Crippen molar-refractivity contribution in [1.82, 2.24) is 0 Å². The molecule has 1 amide bonds. The third-order valence-corrected chi connectivity index (χ3v) is 2.01. The lowest BCUT2D eigenvalue weighted by Crippen LogP contribution is -2.24. The third-order valence-electron chi connectivity index (χ3n) is 2.01. The molecule has 2 heteroatoms. The summed E-state index contributed by atoms with van der Waals surface area (Å²) in [4.78, 5) is 10.6. The van der Waals surface area contributed by atoms with E-state index >= 15 is 0 Å². The molecule has 72 valence electrons. The quantitative estimate of drug-likeness (QED) is 0.647. The average Bonchev–Trinajstić information content (AvgIpc) is 2.07. The molecule has 12 heavy (non-hydrogen) atoms. The molecule has 0 aromatic heterocycles. The fraction of sp³-hybridized carbons (Fsp3) is 0.900. The lowest BCUT2D eigenvalue weighted by molar-refractivity contribution is -0.122. The van der Waals surface area contributed by atoms with Gasteiger partial charge < -0.3 is 5.73 Å². The maximum atomic E-state index is 10.6. The SMILES string of the molecule is CCC.NC(=O)C1CCCCC1. The van der Waals surface area contributed by atoms with Gasteiger partial charge in [-0.25, -0.2) is 0 Å². The van der Waals surface area contributed by atoms with Gasteiger partial charge in [-0.1, -0.05) is 39.5 Å². The molecule has 2 nitrogen and oxygen atoms in total. The first-order valence-corrected chi connectivity index (χ1v) is 5.01. The molecule has 1 fully saturated rings. The van der Waals surface area contributed by atoms with Crippen LogP contribution in [0.25, 0.3) is 0 Å². The lowest BCUT2D eigenvalue weighted by atomic mass is 9.89. The zero-order valence-electron chi connectivity index (χ0n) is 8.31. The van der Waals surface area contributed by atoms with Crippen LogP contribution in [0.5, 0.6) is 0 Å². The molecular weight excluding hydrogens is 150 g/mol. The van der Waals surface area contributed by atoms with Crippen LogP contribution in [0.3, 0.4) is 0 Å². The molecule has 1 aliphatic carbocycles. The Morgan fingerprint density at radius 3 is 1.92 bits per heavy atom. The van der Waals surface area contributed by atoms with E-state index in [4.69, 9.17) is 5.73 Å². The minimum atomic E-state index is -0.102. The van der Waals surface area contributed by atoms with Crippen molar-refractivity contribution in [2.24, 2.45) is 11.7 Å². The summed E-state index contributed by atoms with van der Waals surface area (Å²) < 4.78 is 0. The number of primary amides is 1. The van der Waals surface area contributed by atoms with Crippen LogP contribution in [0.1, 0.15) is 52.4 Å². The zero-order valence-corrected chi connectivity index (χ0v) is 8.31. The number of hydrogen-bond donors (Lipinski definition) is 1. The number of carbonyl (C=O) groups excluding carboxylic acids is 1. The van der Waals surface area contributed by atoms with E-state index in [9.17, 15) is 4.79 Å². The summed E-state index contributed by atoms with van der Waals surface area (Å²) in [7, 11) is 0. The average molecular weight is 171 g/mol. The molecule has 0 aromatic carbocycles. The van der Waals surface area contributed by atoms with Gasteiger partial charge in [-0.3, -0.25) is 4.79 Å². The molecule has 1 rings (SSSR count). The Morgan fingerprint density at radius 2 is 1.67 bits per heavy atom. The fourth-order valence-electron chi connectivity index (χ4n) is 1.39. The molecule has 0 unspecified atom stereocenters. The topological polar surface area (TPSA) is 43.1 Å². The number of carbonyl (C=O) groups is 1. The number of amides is 1. The Bertz CT molecular complexity index is 117. The summed E-state index contributed by atoms with van der Waals surface area (Å²) >= 11 is 0. The Kier molecular flexibility index (Phi) is 6.82. The maximum absolute atomic E-state index is 10.6. The first kappa shape index (κ1) is 11.5. The summed E-state index contributed by atoms with van der Waals surface area (Å²) in [5.41, 5.74) is 5.13. The highest BCUT2D eigenvalue weighted by Crippen LogP contribution is 2.22.